The first kappa shape index (κ1) is 18.3. The van der Waals surface area contributed by atoms with E-state index in [4.69, 9.17) is 0 Å². The molecule has 0 unspecified atom stereocenters. The van der Waals surface area contributed by atoms with Gasteiger partial charge in [-0.2, -0.15) is 0 Å². The topological polar surface area (TPSA) is 46.1 Å². The molecule has 0 bridgehead atoms. The molecule has 0 aliphatic heterocycles. The number of rotatable bonds is 7. The van der Waals surface area contributed by atoms with E-state index in [2.05, 4.69) is 13.8 Å². The molecule has 3 heteroatoms. The molecule has 1 aromatic carbocycles. The molecule has 0 aliphatic rings. The van der Waals surface area contributed by atoms with Gasteiger partial charge in [-0.15, -0.1) is 11.5 Å². The smallest absolute Gasteiger partial charge is 0.873 e. The second-order valence-electron chi connectivity index (χ2n) is 5.04. The van der Waals surface area contributed by atoms with E-state index in [1.54, 1.807) is 6.92 Å². The van der Waals surface area contributed by atoms with Crippen molar-refractivity contribution in [2.75, 3.05) is 0 Å². The summed E-state index contributed by atoms with van der Waals surface area (Å²) in [6.45, 7) is 6.06. The fraction of sp³-hybridized carbons (Fsp3) is 0.625. The zero-order chi connectivity index (χ0) is 13.5. The number of unbranched alkanes of at least 4 members (excludes halogenated alkanes) is 3. The summed E-state index contributed by atoms with van der Waals surface area (Å²) < 4.78 is 0. The van der Waals surface area contributed by atoms with E-state index in [1.807, 2.05) is 6.07 Å². The van der Waals surface area contributed by atoms with Crippen molar-refractivity contribution >= 4 is 0 Å². The quantitative estimate of drug-likeness (QED) is 0.573. The average molecular weight is 307 g/mol. The first-order valence-electron chi connectivity index (χ1n) is 7.11. The van der Waals surface area contributed by atoms with Crippen molar-refractivity contribution in [1.29, 1.82) is 0 Å². The first-order valence-corrected chi connectivity index (χ1v) is 7.11. The number of hydrogen-bond acceptors (Lipinski definition) is 2. The van der Waals surface area contributed by atoms with Gasteiger partial charge in [0.15, 0.2) is 0 Å². The Morgan fingerprint density at radius 3 is 2.00 bits per heavy atom. The van der Waals surface area contributed by atoms with Crippen LogP contribution in [0.25, 0.3) is 0 Å². The van der Waals surface area contributed by atoms with Crippen LogP contribution in [0, 0.1) is 6.92 Å². The predicted molar refractivity (Wildman–Crippen MR) is 71.9 cm³/mol. The average Bonchev–Trinajstić information content (AvgIpc) is 2.37. The monoisotopic (exact) mass is 306 g/mol. The van der Waals surface area contributed by atoms with Crippen LogP contribution in [-0.2, 0) is 29.3 Å². The summed E-state index contributed by atoms with van der Waals surface area (Å²) in [5, 5.41) is 23.8. The number of aryl methyl sites for hydroxylation is 2. The fourth-order valence-corrected chi connectivity index (χ4v) is 2.22. The second kappa shape index (κ2) is 9.25. The Kier molecular flexibility index (Phi) is 8.92. The van der Waals surface area contributed by atoms with E-state index in [0.717, 1.165) is 56.1 Å². The van der Waals surface area contributed by atoms with Gasteiger partial charge in [0, 0.05) is 0 Å². The number of hydrogen-bond donors (Lipinski definition) is 0. The first-order chi connectivity index (χ1) is 8.61. The SMILES string of the molecule is CCCCCc1cc(CCCC)c(C)c([O-])c1[O-].[Ni+2]. The van der Waals surface area contributed by atoms with Crippen molar-refractivity contribution in [3.05, 3.63) is 22.8 Å². The van der Waals surface area contributed by atoms with Gasteiger partial charge >= 0.3 is 16.5 Å². The molecule has 0 N–H and O–H groups in total. The largest absolute Gasteiger partial charge is 2.00 e. The molecule has 110 valence electrons. The molecule has 0 spiro atoms. The maximum Gasteiger partial charge on any atom is 2.00 e. The summed E-state index contributed by atoms with van der Waals surface area (Å²) in [7, 11) is 0. The van der Waals surface area contributed by atoms with Gasteiger partial charge < -0.3 is 10.2 Å². The predicted octanol–water partition coefficient (Wildman–Crippen LogP) is 3.22. The Labute approximate surface area is 127 Å². The van der Waals surface area contributed by atoms with Crippen molar-refractivity contribution in [1.82, 2.24) is 0 Å². The Bertz CT molecular complexity index is 389. The van der Waals surface area contributed by atoms with E-state index < -0.39 is 0 Å². The van der Waals surface area contributed by atoms with Crippen LogP contribution in [-0.4, -0.2) is 0 Å². The molecule has 0 aromatic heterocycles. The maximum absolute atomic E-state index is 11.9. The van der Waals surface area contributed by atoms with Crippen molar-refractivity contribution in [3.8, 4) is 11.5 Å². The Morgan fingerprint density at radius 2 is 1.42 bits per heavy atom. The van der Waals surface area contributed by atoms with Crippen LogP contribution in [0.2, 0.25) is 0 Å². The summed E-state index contributed by atoms with van der Waals surface area (Å²) in [6.07, 6.45) is 7.10. The molecule has 0 aliphatic carbocycles. The van der Waals surface area contributed by atoms with Crippen LogP contribution in [0.4, 0.5) is 0 Å². The van der Waals surface area contributed by atoms with Crippen molar-refractivity contribution in [2.45, 2.75) is 65.7 Å². The van der Waals surface area contributed by atoms with E-state index in [0.29, 0.717) is 5.56 Å². The summed E-state index contributed by atoms with van der Waals surface area (Å²) in [6, 6.07) is 1.98. The third kappa shape index (κ3) is 5.06. The van der Waals surface area contributed by atoms with Gasteiger partial charge in [0.1, 0.15) is 0 Å². The van der Waals surface area contributed by atoms with Crippen LogP contribution >= 0.6 is 0 Å². The molecular formula is C16H24NiO2. The standard InChI is InChI=1S/C16H26O2.Ni/c1-4-6-8-10-14-11-13(9-7-5-2)12(3)15(17)16(14)18;/h11,17-18H,4-10H2,1-3H3;/q;+2/p-2. The molecule has 19 heavy (non-hydrogen) atoms. The molecule has 0 atom stereocenters. The van der Waals surface area contributed by atoms with E-state index in [9.17, 15) is 10.2 Å². The Hall–Kier alpha value is -0.686. The molecule has 1 rings (SSSR count). The van der Waals surface area contributed by atoms with Gasteiger partial charge in [0.05, 0.1) is 0 Å². The minimum atomic E-state index is -0.282. The van der Waals surface area contributed by atoms with E-state index in [-0.39, 0.29) is 28.0 Å². The van der Waals surface area contributed by atoms with Gasteiger partial charge in [-0.25, -0.2) is 0 Å². The molecule has 0 fully saturated rings. The molecule has 2 nitrogen and oxygen atoms in total. The van der Waals surface area contributed by atoms with Crippen molar-refractivity contribution in [3.63, 3.8) is 0 Å². The van der Waals surface area contributed by atoms with Gasteiger partial charge in [0.25, 0.3) is 0 Å². The van der Waals surface area contributed by atoms with Crippen LogP contribution in [0.5, 0.6) is 11.5 Å². The van der Waals surface area contributed by atoms with Crippen LogP contribution < -0.4 is 10.2 Å². The van der Waals surface area contributed by atoms with Crippen LogP contribution in [0.15, 0.2) is 6.07 Å². The van der Waals surface area contributed by atoms with Crippen molar-refractivity contribution < 1.29 is 26.7 Å². The van der Waals surface area contributed by atoms with Gasteiger partial charge in [-0.1, -0.05) is 50.3 Å². The minimum Gasteiger partial charge on any atom is -0.873 e. The molecule has 0 saturated carbocycles. The summed E-state index contributed by atoms with van der Waals surface area (Å²) in [5.41, 5.74) is 2.46. The molecule has 0 saturated heterocycles. The molecule has 0 amide bonds. The molecule has 0 radical (unpaired) electrons. The maximum atomic E-state index is 11.9. The van der Waals surface area contributed by atoms with Gasteiger partial charge in [-0.05, 0) is 38.2 Å². The summed E-state index contributed by atoms with van der Waals surface area (Å²) in [5.74, 6) is -0.557. The third-order valence-corrected chi connectivity index (χ3v) is 3.52. The van der Waals surface area contributed by atoms with Crippen molar-refractivity contribution in [2.24, 2.45) is 0 Å². The zero-order valence-electron chi connectivity index (χ0n) is 12.2. The van der Waals surface area contributed by atoms with Crippen LogP contribution in [0.1, 0.15) is 62.6 Å². The van der Waals surface area contributed by atoms with Crippen LogP contribution in [0.3, 0.4) is 0 Å². The van der Waals surface area contributed by atoms with E-state index in [1.165, 1.54) is 0 Å². The Morgan fingerprint density at radius 1 is 0.842 bits per heavy atom. The van der Waals surface area contributed by atoms with E-state index >= 15 is 0 Å². The summed E-state index contributed by atoms with van der Waals surface area (Å²) >= 11 is 0. The normalized spacial score (nSPS) is 10.3. The number of benzene rings is 1. The third-order valence-electron chi connectivity index (χ3n) is 3.52. The Balaban J connectivity index is 0.00000324. The minimum absolute atomic E-state index is 0. The molecule has 0 heterocycles. The molecular weight excluding hydrogens is 283 g/mol. The summed E-state index contributed by atoms with van der Waals surface area (Å²) in [4.78, 5) is 0. The van der Waals surface area contributed by atoms with Gasteiger partial charge in [-0.3, -0.25) is 0 Å². The molecule has 1 aromatic rings. The second-order valence-corrected chi connectivity index (χ2v) is 5.04. The zero-order valence-corrected chi connectivity index (χ0v) is 13.1. The van der Waals surface area contributed by atoms with Gasteiger partial charge in [0.2, 0.25) is 0 Å². The fourth-order valence-electron chi connectivity index (χ4n) is 2.22.